The van der Waals surface area contributed by atoms with Crippen molar-refractivity contribution in [1.29, 1.82) is 0 Å². The van der Waals surface area contributed by atoms with E-state index in [1.165, 1.54) is 11.0 Å². The Labute approximate surface area is 148 Å². The van der Waals surface area contributed by atoms with Crippen molar-refractivity contribution in [3.8, 4) is 0 Å². The van der Waals surface area contributed by atoms with Gasteiger partial charge in [0.1, 0.15) is 0 Å². The number of aliphatic carboxylic acids is 1. The highest BCUT2D eigenvalue weighted by Gasteiger charge is 2.32. The van der Waals surface area contributed by atoms with E-state index in [0.717, 1.165) is 0 Å². The van der Waals surface area contributed by atoms with Gasteiger partial charge in [0.15, 0.2) is 0 Å². The van der Waals surface area contributed by atoms with Gasteiger partial charge in [-0.15, -0.1) is 0 Å². The zero-order valence-electron chi connectivity index (χ0n) is 12.0. The minimum Gasteiger partial charge on any atom is -0.478 e. The summed E-state index contributed by atoms with van der Waals surface area (Å²) in [6.07, 6.45) is 0.179. The van der Waals surface area contributed by atoms with Crippen LogP contribution in [0.25, 0.3) is 0 Å². The molecule has 8 heteroatoms. The molecule has 1 amide bonds. The van der Waals surface area contributed by atoms with Gasteiger partial charge in [0.2, 0.25) is 0 Å². The number of carboxylic acids is 1. The monoisotopic (exact) mass is 370 g/mol. The van der Waals surface area contributed by atoms with Gasteiger partial charge in [0, 0.05) is 18.0 Å². The lowest BCUT2D eigenvalue weighted by Crippen LogP contribution is -2.43. The average Bonchev–Trinajstić information content (AvgIpc) is 2.50. The fourth-order valence-electron chi connectivity index (χ4n) is 2.37. The third-order valence-electron chi connectivity index (χ3n) is 3.57. The number of halogens is 2. The SMILES string of the molecule is CC1CC(C(=O)O)=C(N=C=S)CN1C(=O)c1ccc(Cl)c(Cl)c1. The van der Waals surface area contributed by atoms with Crippen LogP contribution in [-0.4, -0.2) is 39.6 Å². The number of rotatable bonds is 3. The third kappa shape index (κ3) is 3.79. The van der Waals surface area contributed by atoms with E-state index >= 15 is 0 Å². The lowest BCUT2D eigenvalue weighted by atomic mass is 9.98. The Hall–Kier alpha value is -1.72. The molecule has 1 aromatic carbocycles. The minimum absolute atomic E-state index is 0.0471. The highest BCUT2D eigenvalue weighted by atomic mass is 35.5. The first-order valence-corrected chi connectivity index (χ1v) is 7.80. The molecule has 0 radical (unpaired) electrons. The second-order valence-electron chi connectivity index (χ2n) is 5.05. The first kappa shape index (κ1) is 17.6. The number of carbonyl (C=O) groups excluding carboxylic acids is 1. The standard InChI is InChI=1S/C15H12Cl2N2O3S/c1-8-4-10(15(21)22)13(18-7-23)6-19(8)14(20)9-2-3-11(16)12(17)5-9/h2-3,5,8H,4,6H2,1H3,(H,21,22). The molecule has 0 bridgehead atoms. The highest BCUT2D eigenvalue weighted by Crippen LogP contribution is 2.28. The zero-order valence-corrected chi connectivity index (χ0v) is 14.4. The smallest absolute Gasteiger partial charge is 0.333 e. The fraction of sp³-hybridized carbons (Fsp3) is 0.267. The summed E-state index contributed by atoms with van der Waals surface area (Å²) in [6.45, 7) is 1.82. The molecule has 0 aromatic heterocycles. The molecule has 1 aliphatic heterocycles. The van der Waals surface area contributed by atoms with Crippen LogP contribution in [0.3, 0.4) is 0 Å². The maximum Gasteiger partial charge on any atom is 0.333 e. The number of aliphatic imine (C=N–C) groups is 1. The van der Waals surface area contributed by atoms with Crippen molar-refractivity contribution in [2.75, 3.05) is 6.54 Å². The molecule has 0 fully saturated rings. The summed E-state index contributed by atoms with van der Waals surface area (Å²) in [6, 6.07) is 4.30. The highest BCUT2D eigenvalue weighted by molar-refractivity contribution is 7.78. The van der Waals surface area contributed by atoms with Crippen molar-refractivity contribution < 1.29 is 14.7 Å². The summed E-state index contributed by atoms with van der Waals surface area (Å²) >= 11 is 16.3. The second-order valence-corrected chi connectivity index (χ2v) is 6.05. The molecule has 1 aliphatic rings. The summed E-state index contributed by atoms with van der Waals surface area (Å²) in [7, 11) is 0. The van der Waals surface area contributed by atoms with E-state index in [-0.39, 0.29) is 41.2 Å². The van der Waals surface area contributed by atoms with Gasteiger partial charge in [-0.05, 0) is 37.3 Å². The van der Waals surface area contributed by atoms with E-state index in [4.69, 9.17) is 23.2 Å². The summed E-state index contributed by atoms with van der Waals surface area (Å²) in [5.74, 6) is -1.35. The second kappa shape index (κ2) is 7.23. The summed E-state index contributed by atoms with van der Waals surface area (Å²) in [5.41, 5.74) is 0.753. The van der Waals surface area contributed by atoms with Crippen LogP contribution >= 0.6 is 35.4 Å². The predicted molar refractivity (Wildman–Crippen MR) is 91.3 cm³/mol. The first-order valence-electron chi connectivity index (χ1n) is 6.64. The Balaban J connectivity index is 2.36. The molecule has 0 aliphatic carbocycles. The number of benzene rings is 1. The molecular weight excluding hydrogens is 359 g/mol. The van der Waals surface area contributed by atoms with E-state index in [0.29, 0.717) is 10.6 Å². The van der Waals surface area contributed by atoms with E-state index in [2.05, 4.69) is 22.4 Å². The lowest BCUT2D eigenvalue weighted by molar-refractivity contribution is -0.133. The van der Waals surface area contributed by atoms with Gasteiger partial charge in [0.25, 0.3) is 5.91 Å². The number of hydrogen-bond acceptors (Lipinski definition) is 4. The van der Waals surface area contributed by atoms with Crippen molar-refractivity contribution in [2.45, 2.75) is 19.4 Å². The van der Waals surface area contributed by atoms with Crippen molar-refractivity contribution in [2.24, 2.45) is 4.99 Å². The Morgan fingerprint density at radius 3 is 2.65 bits per heavy atom. The average molecular weight is 371 g/mol. The summed E-state index contributed by atoms with van der Waals surface area (Å²) < 4.78 is 0. The number of hydrogen-bond donors (Lipinski definition) is 1. The number of amides is 1. The van der Waals surface area contributed by atoms with Crippen LogP contribution in [0.4, 0.5) is 0 Å². The van der Waals surface area contributed by atoms with Gasteiger partial charge >= 0.3 is 5.97 Å². The van der Waals surface area contributed by atoms with E-state index in [9.17, 15) is 14.7 Å². The van der Waals surface area contributed by atoms with Crippen molar-refractivity contribution in [3.63, 3.8) is 0 Å². The number of thiocarbonyl (C=S) groups is 1. The molecule has 120 valence electrons. The molecule has 1 atom stereocenters. The molecule has 5 nitrogen and oxygen atoms in total. The first-order chi connectivity index (χ1) is 10.8. The topological polar surface area (TPSA) is 70.0 Å². The predicted octanol–water partition coefficient (Wildman–Crippen LogP) is 3.67. The Bertz CT molecular complexity index is 757. The molecule has 1 aromatic rings. The summed E-state index contributed by atoms with van der Waals surface area (Å²) in [4.78, 5) is 29.3. The van der Waals surface area contributed by atoms with Crippen molar-refractivity contribution in [1.82, 2.24) is 4.90 Å². The van der Waals surface area contributed by atoms with Crippen molar-refractivity contribution in [3.05, 3.63) is 45.1 Å². The third-order valence-corrected chi connectivity index (χ3v) is 4.40. The molecule has 2 rings (SSSR count). The quantitative estimate of drug-likeness (QED) is 0.650. The summed E-state index contributed by atoms with van der Waals surface area (Å²) in [5, 5.41) is 12.0. The van der Waals surface area contributed by atoms with Gasteiger partial charge in [-0.1, -0.05) is 23.2 Å². The normalized spacial score (nSPS) is 17.7. The molecule has 0 spiro atoms. The van der Waals surface area contributed by atoms with Gasteiger partial charge in [-0.3, -0.25) is 4.79 Å². The molecule has 1 unspecified atom stereocenters. The van der Waals surface area contributed by atoms with Gasteiger partial charge in [-0.25, -0.2) is 4.79 Å². The molecule has 1 heterocycles. The maximum atomic E-state index is 12.7. The van der Waals surface area contributed by atoms with Gasteiger partial charge in [-0.2, -0.15) is 4.99 Å². The van der Waals surface area contributed by atoms with Crippen LogP contribution < -0.4 is 0 Å². The Morgan fingerprint density at radius 2 is 2.09 bits per heavy atom. The van der Waals surface area contributed by atoms with E-state index in [1.54, 1.807) is 19.1 Å². The molecular formula is C15H12Cl2N2O3S. The zero-order chi connectivity index (χ0) is 17.1. The molecule has 0 saturated carbocycles. The molecule has 23 heavy (non-hydrogen) atoms. The largest absolute Gasteiger partial charge is 0.478 e. The Kier molecular flexibility index (Phi) is 5.55. The van der Waals surface area contributed by atoms with Crippen molar-refractivity contribution >= 4 is 52.5 Å². The van der Waals surface area contributed by atoms with Crippen LogP contribution in [0.15, 0.2) is 34.5 Å². The van der Waals surface area contributed by atoms with E-state index < -0.39 is 5.97 Å². The minimum atomic E-state index is -1.07. The lowest BCUT2D eigenvalue weighted by Gasteiger charge is -2.34. The van der Waals surface area contributed by atoms with Crippen LogP contribution in [0.1, 0.15) is 23.7 Å². The maximum absolute atomic E-state index is 12.7. The molecule has 0 saturated heterocycles. The van der Waals surface area contributed by atoms with Crippen LogP contribution in [0.5, 0.6) is 0 Å². The van der Waals surface area contributed by atoms with E-state index in [1.807, 2.05) is 0 Å². The number of nitrogens with zero attached hydrogens (tertiary/aromatic N) is 2. The molecule has 1 N–H and O–H groups in total. The van der Waals surface area contributed by atoms with Crippen LogP contribution in [0, 0.1) is 0 Å². The van der Waals surface area contributed by atoms with Crippen LogP contribution in [0.2, 0.25) is 10.0 Å². The van der Waals surface area contributed by atoms with Gasteiger partial charge in [0.05, 0.1) is 33.0 Å². The fourth-order valence-corrected chi connectivity index (χ4v) is 2.78. The number of carboxylic acid groups (broad SMARTS) is 1. The van der Waals surface area contributed by atoms with Gasteiger partial charge < -0.3 is 10.0 Å². The Morgan fingerprint density at radius 1 is 1.39 bits per heavy atom. The number of isothiocyanates is 1. The van der Waals surface area contributed by atoms with Crippen LogP contribution in [-0.2, 0) is 4.79 Å². The number of carbonyl (C=O) groups is 2.